The van der Waals surface area contributed by atoms with Crippen LogP contribution in [-0.2, 0) is 0 Å². The second kappa shape index (κ2) is 3.76. The summed E-state index contributed by atoms with van der Waals surface area (Å²) in [6.45, 7) is 0. The van der Waals surface area contributed by atoms with Gasteiger partial charge in [0.1, 0.15) is 0 Å². The van der Waals surface area contributed by atoms with Gasteiger partial charge in [0.25, 0.3) is 0 Å². The first-order valence-electron chi connectivity index (χ1n) is 1.54. The van der Waals surface area contributed by atoms with Gasteiger partial charge in [0.15, 0.2) is 0 Å². The molecule has 0 rings (SSSR count). The largest absolute Gasteiger partial charge is 0.464 e. The van der Waals surface area contributed by atoms with Gasteiger partial charge < -0.3 is 5.11 Å². The zero-order chi connectivity index (χ0) is 5.70. The van der Waals surface area contributed by atoms with E-state index < -0.39 is 6.09 Å². The first-order chi connectivity index (χ1) is 3.27. The van der Waals surface area contributed by atoms with Gasteiger partial charge in [0.05, 0.1) is 0 Å². The molecule has 0 atom stereocenters. The molecule has 0 aliphatic carbocycles. The highest BCUT2D eigenvalue weighted by Crippen LogP contribution is 1.73. The van der Waals surface area contributed by atoms with Gasteiger partial charge in [-0.25, -0.2) is 10.2 Å². The third-order valence-electron chi connectivity index (χ3n) is 0.260. The van der Waals surface area contributed by atoms with Crippen molar-refractivity contribution in [2.75, 3.05) is 6.26 Å². The number of carbonyl (C=O) groups is 1. The molecule has 3 N–H and O–H groups in total. The number of nitrogens with one attached hydrogen (secondary N) is 2. The summed E-state index contributed by atoms with van der Waals surface area (Å²) in [6, 6.07) is 0. The van der Waals surface area contributed by atoms with Crippen LogP contribution in [0.1, 0.15) is 0 Å². The van der Waals surface area contributed by atoms with Crippen LogP contribution in [0, 0.1) is 0 Å². The van der Waals surface area contributed by atoms with Gasteiger partial charge in [-0.05, 0) is 6.26 Å². The summed E-state index contributed by atoms with van der Waals surface area (Å²) in [4.78, 5) is 11.9. The zero-order valence-electron chi connectivity index (χ0n) is 3.76. The molecule has 0 heterocycles. The van der Waals surface area contributed by atoms with Crippen molar-refractivity contribution in [1.29, 1.82) is 0 Å². The Morgan fingerprint density at radius 1 is 1.86 bits per heavy atom. The van der Waals surface area contributed by atoms with Crippen molar-refractivity contribution < 1.29 is 9.90 Å². The van der Waals surface area contributed by atoms with Crippen LogP contribution in [0.25, 0.3) is 0 Å². The van der Waals surface area contributed by atoms with E-state index in [0.29, 0.717) is 0 Å². The van der Waals surface area contributed by atoms with E-state index in [4.69, 9.17) is 5.11 Å². The lowest BCUT2D eigenvalue weighted by Crippen LogP contribution is -2.30. The number of amides is 1. The topological polar surface area (TPSA) is 61.4 Å². The maximum Gasteiger partial charge on any atom is 0.419 e. The van der Waals surface area contributed by atoms with E-state index in [0.717, 1.165) is 0 Å². The fourth-order valence-corrected chi connectivity index (χ4v) is 0.284. The quantitative estimate of drug-likeness (QED) is 0.357. The van der Waals surface area contributed by atoms with Crippen LogP contribution in [0.15, 0.2) is 0 Å². The van der Waals surface area contributed by atoms with Crippen LogP contribution < -0.4 is 10.3 Å². The molecule has 0 unspecified atom stereocenters. The minimum absolute atomic E-state index is 1.07. The average Bonchev–Trinajstić information content (AvgIpc) is 1.61. The highest BCUT2D eigenvalue weighted by atomic mass is 32.2. The molecule has 0 radical (unpaired) electrons. The van der Waals surface area contributed by atoms with Crippen molar-refractivity contribution in [2.45, 2.75) is 0 Å². The van der Waals surface area contributed by atoms with Gasteiger partial charge >= 0.3 is 6.09 Å². The summed E-state index contributed by atoms with van der Waals surface area (Å²) in [5.74, 6) is 0. The minimum atomic E-state index is -1.07. The van der Waals surface area contributed by atoms with E-state index in [1.165, 1.54) is 11.9 Å². The number of hydrogen-bond donors (Lipinski definition) is 3. The SMILES string of the molecule is CSNNC(=O)O. The van der Waals surface area contributed by atoms with Crippen molar-refractivity contribution in [3.63, 3.8) is 0 Å². The van der Waals surface area contributed by atoms with Gasteiger partial charge in [-0.2, -0.15) is 4.83 Å². The molecule has 0 bridgehead atoms. The summed E-state index contributed by atoms with van der Waals surface area (Å²) in [5.41, 5.74) is 1.92. The van der Waals surface area contributed by atoms with Crippen LogP contribution in [0.2, 0.25) is 0 Å². The van der Waals surface area contributed by atoms with E-state index in [9.17, 15) is 4.79 Å². The molecule has 1 amide bonds. The fourth-order valence-electron chi connectivity index (χ4n) is 0.0947. The molecular weight excluding hydrogens is 116 g/mol. The first-order valence-corrected chi connectivity index (χ1v) is 2.76. The van der Waals surface area contributed by atoms with Gasteiger partial charge in [-0.15, -0.1) is 0 Å². The summed E-state index contributed by atoms with van der Waals surface area (Å²) in [7, 11) is 0. The summed E-state index contributed by atoms with van der Waals surface area (Å²) in [6.07, 6.45) is 0.644. The molecule has 0 spiro atoms. The van der Waals surface area contributed by atoms with Crippen molar-refractivity contribution in [2.24, 2.45) is 0 Å². The van der Waals surface area contributed by atoms with Gasteiger partial charge in [-0.1, -0.05) is 11.9 Å². The molecule has 4 nitrogen and oxygen atoms in total. The van der Waals surface area contributed by atoms with E-state index in [1.54, 1.807) is 6.26 Å². The number of hydrogen-bond acceptors (Lipinski definition) is 3. The lowest BCUT2D eigenvalue weighted by molar-refractivity contribution is 0.193. The third-order valence-corrected chi connectivity index (χ3v) is 0.566. The normalized spacial score (nSPS) is 8.14. The van der Waals surface area contributed by atoms with E-state index in [-0.39, 0.29) is 0 Å². The fraction of sp³-hybridized carbons (Fsp3) is 0.500. The number of rotatable bonds is 2. The molecular formula is C2H6N2O2S. The molecule has 0 saturated carbocycles. The summed E-state index contributed by atoms with van der Waals surface area (Å²) >= 11 is 1.19. The smallest absolute Gasteiger partial charge is 0.419 e. The lowest BCUT2D eigenvalue weighted by Gasteiger charge is -1.94. The highest BCUT2D eigenvalue weighted by Gasteiger charge is 1.85. The zero-order valence-corrected chi connectivity index (χ0v) is 4.58. The number of hydrazine groups is 1. The van der Waals surface area contributed by atoms with E-state index in [1.807, 2.05) is 5.43 Å². The third kappa shape index (κ3) is 5.58. The Morgan fingerprint density at radius 2 is 2.43 bits per heavy atom. The Kier molecular flexibility index (Phi) is 3.53. The Labute approximate surface area is 45.4 Å². The minimum Gasteiger partial charge on any atom is -0.464 e. The standard InChI is InChI=1S/C2H6N2O2S/c1-7-4-3-2(5)6/h3-4H,1H3,(H,5,6). The molecule has 0 aromatic rings. The molecule has 0 aliphatic heterocycles. The maximum atomic E-state index is 9.57. The van der Waals surface area contributed by atoms with Crippen LogP contribution in [0.4, 0.5) is 4.79 Å². The second-order valence-electron chi connectivity index (χ2n) is 0.736. The molecule has 0 aromatic heterocycles. The Hall–Kier alpha value is -0.420. The Balaban J connectivity index is 2.82. The maximum absolute atomic E-state index is 9.57. The molecule has 5 heteroatoms. The van der Waals surface area contributed by atoms with Gasteiger partial charge in [-0.3, -0.25) is 0 Å². The molecule has 7 heavy (non-hydrogen) atoms. The van der Waals surface area contributed by atoms with Crippen molar-refractivity contribution in [3.8, 4) is 0 Å². The Bertz CT molecular complexity index is 66.7. The summed E-state index contributed by atoms with van der Waals surface area (Å²) < 4.78 is 0. The second-order valence-corrected chi connectivity index (χ2v) is 1.35. The average molecular weight is 122 g/mol. The predicted molar refractivity (Wildman–Crippen MR) is 27.8 cm³/mol. The molecule has 0 aliphatic rings. The van der Waals surface area contributed by atoms with Crippen LogP contribution in [0.5, 0.6) is 0 Å². The van der Waals surface area contributed by atoms with Crippen molar-refractivity contribution in [1.82, 2.24) is 10.3 Å². The molecule has 0 aromatic carbocycles. The monoisotopic (exact) mass is 122 g/mol. The molecule has 0 fully saturated rings. The van der Waals surface area contributed by atoms with E-state index in [2.05, 4.69) is 4.83 Å². The van der Waals surface area contributed by atoms with Crippen LogP contribution in [-0.4, -0.2) is 17.5 Å². The molecule has 0 saturated heterocycles. The van der Waals surface area contributed by atoms with Gasteiger partial charge in [0, 0.05) is 0 Å². The summed E-state index contributed by atoms with van der Waals surface area (Å²) in [5, 5.41) is 7.86. The number of carboxylic acid groups (broad SMARTS) is 1. The van der Waals surface area contributed by atoms with Crippen molar-refractivity contribution in [3.05, 3.63) is 0 Å². The van der Waals surface area contributed by atoms with Crippen molar-refractivity contribution >= 4 is 18.0 Å². The molecule has 42 valence electrons. The first kappa shape index (κ1) is 6.58. The Morgan fingerprint density at radius 3 is 2.57 bits per heavy atom. The van der Waals surface area contributed by atoms with Gasteiger partial charge in [0.2, 0.25) is 0 Å². The van der Waals surface area contributed by atoms with Crippen LogP contribution in [0.3, 0.4) is 0 Å². The predicted octanol–water partition coefficient (Wildman–Crippen LogP) is 0.0366. The van der Waals surface area contributed by atoms with Crippen LogP contribution >= 0.6 is 11.9 Å². The highest BCUT2D eigenvalue weighted by molar-refractivity contribution is 7.96. The lowest BCUT2D eigenvalue weighted by atomic mass is 11.3. The van der Waals surface area contributed by atoms with E-state index >= 15 is 0 Å².